The lowest BCUT2D eigenvalue weighted by Crippen LogP contribution is -2.29. The summed E-state index contributed by atoms with van der Waals surface area (Å²) in [6, 6.07) is 7.76. The molecule has 1 rings (SSSR count). The van der Waals surface area contributed by atoms with Crippen molar-refractivity contribution >= 4 is 11.6 Å². The third-order valence-corrected chi connectivity index (χ3v) is 2.45. The quantitative estimate of drug-likeness (QED) is 0.644. The summed E-state index contributed by atoms with van der Waals surface area (Å²) in [6.07, 6.45) is 0.733. The van der Waals surface area contributed by atoms with E-state index >= 15 is 0 Å². The number of benzene rings is 1. The lowest BCUT2D eigenvalue weighted by Gasteiger charge is -2.17. The Balaban J connectivity index is 2.57. The number of hydrogen-bond acceptors (Lipinski definition) is 3. The lowest BCUT2D eigenvalue weighted by atomic mass is 10.1. The van der Waals surface area contributed by atoms with E-state index in [1.807, 2.05) is 24.3 Å². The fraction of sp³-hybridized carbons (Fsp3) is 0.455. The largest absolute Gasteiger partial charge is 0.396 e. The van der Waals surface area contributed by atoms with E-state index in [9.17, 15) is 0 Å². The smallest absolute Gasteiger partial charge is 0.0445 e. The van der Waals surface area contributed by atoms with Crippen LogP contribution in [-0.4, -0.2) is 24.8 Å². The molecule has 0 aliphatic heterocycles. The summed E-state index contributed by atoms with van der Waals surface area (Å²) in [6.45, 7) is 1.47. The monoisotopic (exact) mass is 228 g/mol. The summed E-state index contributed by atoms with van der Waals surface area (Å²) < 4.78 is 0. The number of hydrogen-bond donors (Lipinski definition) is 3. The summed E-state index contributed by atoms with van der Waals surface area (Å²) in [7, 11) is 0. The molecule has 0 aliphatic rings. The average Bonchev–Trinajstić information content (AvgIpc) is 2.24. The molecule has 0 fully saturated rings. The maximum absolute atomic E-state index is 8.67. The van der Waals surface area contributed by atoms with Crippen molar-refractivity contribution in [3.05, 3.63) is 34.9 Å². The highest BCUT2D eigenvalue weighted by molar-refractivity contribution is 6.30. The first-order valence-electron chi connectivity index (χ1n) is 5.07. The van der Waals surface area contributed by atoms with Crippen LogP contribution >= 0.6 is 11.6 Å². The van der Waals surface area contributed by atoms with Gasteiger partial charge in [-0.15, -0.1) is 0 Å². The fourth-order valence-electron chi connectivity index (χ4n) is 1.42. The molecule has 0 radical (unpaired) electrons. The maximum Gasteiger partial charge on any atom is 0.0445 e. The number of nitrogens with one attached hydrogen (secondary N) is 1. The molecular weight excluding hydrogens is 212 g/mol. The van der Waals surface area contributed by atoms with E-state index < -0.39 is 0 Å². The second-order valence-electron chi connectivity index (χ2n) is 3.37. The van der Waals surface area contributed by atoms with Crippen molar-refractivity contribution in [3.63, 3.8) is 0 Å². The van der Waals surface area contributed by atoms with Gasteiger partial charge in [-0.2, -0.15) is 0 Å². The van der Waals surface area contributed by atoms with Crippen LogP contribution in [0, 0.1) is 0 Å². The minimum Gasteiger partial charge on any atom is -0.396 e. The topological polar surface area (TPSA) is 58.3 Å². The molecule has 0 heterocycles. The van der Waals surface area contributed by atoms with Gasteiger partial charge in [0.25, 0.3) is 0 Å². The molecule has 4 heteroatoms. The van der Waals surface area contributed by atoms with E-state index in [0.29, 0.717) is 6.54 Å². The van der Waals surface area contributed by atoms with Crippen LogP contribution in [-0.2, 0) is 0 Å². The molecule has 0 amide bonds. The van der Waals surface area contributed by atoms with Gasteiger partial charge in [0, 0.05) is 24.2 Å². The van der Waals surface area contributed by atoms with Crippen molar-refractivity contribution in [2.24, 2.45) is 5.73 Å². The summed E-state index contributed by atoms with van der Waals surface area (Å²) in [5.74, 6) is 0. The van der Waals surface area contributed by atoms with Crippen LogP contribution in [0.25, 0.3) is 0 Å². The zero-order valence-electron chi connectivity index (χ0n) is 8.62. The number of aliphatic hydroxyl groups is 1. The summed E-state index contributed by atoms with van der Waals surface area (Å²) in [5, 5.41) is 12.7. The van der Waals surface area contributed by atoms with Crippen molar-refractivity contribution in [2.45, 2.75) is 12.5 Å². The van der Waals surface area contributed by atoms with Gasteiger partial charge in [-0.1, -0.05) is 23.7 Å². The molecular formula is C11H17ClN2O. The van der Waals surface area contributed by atoms with Gasteiger partial charge in [-0.05, 0) is 30.7 Å². The Morgan fingerprint density at radius 3 is 2.87 bits per heavy atom. The first kappa shape index (κ1) is 12.5. The molecule has 1 aromatic carbocycles. The molecule has 0 saturated carbocycles. The highest BCUT2D eigenvalue weighted by Crippen LogP contribution is 2.16. The molecule has 0 aromatic heterocycles. The van der Waals surface area contributed by atoms with Gasteiger partial charge in [0.1, 0.15) is 0 Å². The summed E-state index contributed by atoms with van der Waals surface area (Å²) >= 11 is 5.90. The Morgan fingerprint density at radius 2 is 2.27 bits per heavy atom. The highest BCUT2D eigenvalue weighted by atomic mass is 35.5. The predicted molar refractivity (Wildman–Crippen MR) is 63.0 cm³/mol. The van der Waals surface area contributed by atoms with Crippen LogP contribution < -0.4 is 11.1 Å². The van der Waals surface area contributed by atoms with Crippen LogP contribution in [0.4, 0.5) is 0 Å². The number of aliphatic hydroxyl groups excluding tert-OH is 1. The van der Waals surface area contributed by atoms with Gasteiger partial charge in [-0.25, -0.2) is 0 Å². The first-order chi connectivity index (χ1) is 7.27. The molecule has 1 unspecified atom stereocenters. The Bertz CT molecular complexity index is 294. The SMILES string of the molecule is NCC(NCCCO)c1cccc(Cl)c1. The number of halogens is 1. The van der Waals surface area contributed by atoms with Crippen molar-refractivity contribution in [3.8, 4) is 0 Å². The van der Waals surface area contributed by atoms with Gasteiger partial charge in [0.05, 0.1) is 0 Å². The van der Waals surface area contributed by atoms with Crippen LogP contribution in [0.5, 0.6) is 0 Å². The van der Waals surface area contributed by atoms with Crippen molar-refractivity contribution < 1.29 is 5.11 Å². The minimum atomic E-state index is 0.107. The molecule has 0 bridgehead atoms. The fourth-order valence-corrected chi connectivity index (χ4v) is 1.61. The van der Waals surface area contributed by atoms with Crippen molar-refractivity contribution in [1.82, 2.24) is 5.32 Å². The highest BCUT2D eigenvalue weighted by Gasteiger charge is 2.08. The van der Waals surface area contributed by atoms with E-state index in [4.69, 9.17) is 22.4 Å². The molecule has 0 spiro atoms. The van der Waals surface area contributed by atoms with E-state index in [1.165, 1.54) is 0 Å². The number of rotatable bonds is 6. The third-order valence-electron chi connectivity index (χ3n) is 2.21. The van der Waals surface area contributed by atoms with Gasteiger partial charge < -0.3 is 16.2 Å². The Kier molecular flexibility index (Phi) is 5.65. The molecule has 1 aromatic rings. The van der Waals surface area contributed by atoms with Crippen molar-refractivity contribution in [2.75, 3.05) is 19.7 Å². The molecule has 15 heavy (non-hydrogen) atoms. The zero-order valence-corrected chi connectivity index (χ0v) is 9.37. The van der Waals surface area contributed by atoms with E-state index in [-0.39, 0.29) is 12.6 Å². The predicted octanol–water partition coefficient (Wildman–Crippen LogP) is 1.31. The molecule has 1 atom stereocenters. The Hall–Kier alpha value is -0.610. The standard InChI is InChI=1S/C11H17ClN2O/c12-10-4-1-3-9(7-10)11(8-13)14-5-2-6-15/h1,3-4,7,11,14-15H,2,5-6,8,13H2. The second-order valence-corrected chi connectivity index (χ2v) is 3.81. The zero-order chi connectivity index (χ0) is 11.1. The minimum absolute atomic E-state index is 0.107. The molecule has 0 saturated heterocycles. The summed E-state index contributed by atoms with van der Waals surface area (Å²) in [4.78, 5) is 0. The van der Waals surface area contributed by atoms with E-state index in [2.05, 4.69) is 5.32 Å². The normalized spacial score (nSPS) is 12.7. The van der Waals surface area contributed by atoms with Gasteiger partial charge in [-0.3, -0.25) is 0 Å². The Labute approximate surface area is 95.2 Å². The lowest BCUT2D eigenvalue weighted by molar-refractivity contribution is 0.283. The number of nitrogens with two attached hydrogens (primary N) is 1. The Morgan fingerprint density at radius 1 is 1.47 bits per heavy atom. The van der Waals surface area contributed by atoms with Crippen LogP contribution in [0.3, 0.4) is 0 Å². The molecule has 0 aliphatic carbocycles. The molecule has 84 valence electrons. The first-order valence-corrected chi connectivity index (χ1v) is 5.45. The van der Waals surface area contributed by atoms with Crippen LogP contribution in [0.15, 0.2) is 24.3 Å². The van der Waals surface area contributed by atoms with Crippen molar-refractivity contribution in [1.29, 1.82) is 0 Å². The van der Waals surface area contributed by atoms with E-state index in [0.717, 1.165) is 23.6 Å². The van der Waals surface area contributed by atoms with Gasteiger partial charge in [0.15, 0.2) is 0 Å². The van der Waals surface area contributed by atoms with Crippen LogP contribution in [0.1, 0.15) is 18.0 Å². The second kappa shape index (κ2) is 6.80. The van der Waals surface area contributed by atoms with E-state index in [1.54, 1.807) is 0 Å². The molecule has 3 nitrogen and oxygen atoms in total. The third kappa shape index (κ3) is 4.18. The van der Waals surface area contributed by atoms with Gasteiger partial charge in [0.2, 0.25) is 0 Å². The van der Waals surface area contributed by atoms with Gasteiger partial charge >= 0.3 is 0 Å². The average molecular weight is 229 g/mol. The van der Waals surface area contributed by atoms with Crippen LogP contribution in [0.2, 0.25) is 5.02 Å². The summed E-state index contributed by atoms with van der Waals surface area (Å²) in [5.41, 5.74) is 6.76. The molecule has 4 N–H and O–H groups in total. The maximum atomic E-state index is 8.67.